The minimum atomic E-state index is -4.64. The number of phosphoric acid groups is 1. The number of thioether (sulfide) groups is 1. The first-order valence-electron chi connectivity index (χ1n) is 35.7. The predicted molar refractivity (Wildman–Crippen MR) is 394 cm³/mol. The zero-order valence-corrected chi connectivity index (χ0v) is 63.4. The minimum absolute atomic E-state index is 0.00676. The van der Waals surface area contributed by atoms with Crippen LogP contribution in [0.1, 0.15) is 122 Å². The maximum absolute atomic E-state index is 14.2. The number of benzene rings is 4. The van der Waals surface area contributed by atoms with Crippen LogP contribution in [0.3, 0.4) is 0 Å². The predicted octanol–water partition coefficient (Wildman–Crippen LogP) is 10.1. The van der Waals surface area contributed by atoms with E-state index < -0.39 is 89.2 Å². The smallest absolute Gasteiger partial charge is 0.393 e. The fraction of sp³-hybridized carbons (Fsp3) is 0.541. The maximum Gasteiger partial charge on any atom is 0.646 e. The van der Waals surface area contributed by atoms with Crippen molar-refractivity contribution in [1.82, 2.24) is 34.3 Å². The molecule has 8 aliphatic rings. The van der Waals surface area contributed by atoms with Crippen LogP contribution in [0.25, 0.3) is 0 Å². The van der Waals surface area contributed by atoms with Gasteiger partial charge < -0.3 is 48.0 Å². The van der Waals surface area contributed by atoms with Crippen molar-refractivity contribution in [3.63, 3.8) is 0 Å². The Kier molecular flexibility index (Phi) is 27.6. The summed E-state index contributed by atoms with van der Waals surface area (Å²) in [5.41, 5.74) is -1.08. The van der Waals surface area contributed by atoms with Crippen molar-refractivity contribution in [2.75, 3.05) is 73.0 Å². The van der Waals surface area contributed by atoms with E-state index in [-0.39, 0.29) is 68.6 Å². The number of nitro benzene ring substituents is 2. The van der Waals surface area contributed by atoms with E-state index in [0.29, 0.717) is 28.3 Å². The number of fused-ring (bicyclic) bond motifs is 2. The van der Waals surface area contributed by atoms with Crippen molar-refractivity contribution in [3.05, 3.63) is 163 Å². The number of likely N-dealkylation sites (tertiary alicyclic amines) is 4. The van der Waals surface area contributed by atoms with E-state index in [1.54, 1.807) is 62.0 Å². The number of nitrogens with zero attached hydrogens (tertiary/aromatic N) is 9. The Hall–Kier alpha value is -7.57. The van der Waals surface area contributed by atoms with Crippen LogP contribution in [0.4, 0.5) is 11.4 Å². The van der Waals surface area contributed by atoms with Crippen molar-refractivity contribution in [3.8, 4) is 11.5 Å². The molecule has 8 heterocycles. The Morgan fingerprint density at radius 1 is 0.577 bits per heavy atom. The number of carbonyl (C=O) groups is 6. The van der Waals surface area contributed by atoms with Crippen LogP contribution in [0.2, 0.25) is 0 Å². The van der Waals surface area contributed by atoms with Gasteiger partial charge in [-0.2, -0.15) is 17.2 Å². The number of carbonyl (C=O) groups excluding carboxylic acids is 6. The van der Waals surface area contributed by atoms with E-state index in [9.17, 15) is 63.8 Å². The van der Waals surface area contributed by atoms with E-state index in [0.717, 1.165) is 99.3 Å². The molecule has 4 aromatic rings. The number of β-lactam (4-membered cyclic amide) rings is 2. The highest BCUT2D eigenvalue weighted by atomic mass is 32.2. The van der Waals surface area contributed by atoms with Crippen LogP contribution in [0, 0.1) is 43.9 Å². The van der Waals surface area contributed by atoms with Crippen LogP contribution in [0.15, 0.2) is 131 Å². The number of hydrogen-bond acceptors (Lipinski definition) is 25. The molecule has 27 nitrogen and oxygen atoms in total. The number of nitro groups is 2. The fourth-order valence-corrected chi connectivity index (χ4v) is 18.2. The second-order valence-electron chi connectivity index (χ2n) is 28.3. The molecule has 2 amide bonds. The van der Waals surface area contributed by atoms with Gasteiger partial charge in [0.05, 0.1) is 57.1 Å². The Morgan fingerprint density at radius 2 is 0.981 bits per heavy atom. The summed E-state index contributed by atoms with van der Waals surface area (Å²) in [6, 6.07) is 26.7. The van der Waals surface area contributed by atoms with Gasteiger partial charge in [-0.05, 0) is 189 Å². The van der Waals surface area contributed by atoms with Gasteiger partial charge in [-0.3, -0.25) is 49.4 Å². The number of esters is 4. The first-order chi connectivity index (χ1) is 49.4. The zero-order chi connectivity index (χ0) is 75.6. The average molecular weight is 1500 g/mol. The Balaban J connectivity index is 0.000000187. The molecule has 0 saturated carbocycles. The molecule has 0 aliphatic carbocycles. The quantitative estimate of drug-likeness (QED) is 0.0133. The number of piperidine rings is 2. The van der Waals surface area contributed by atoms with Gasteiger partial charge in [-0.15, -0.1) is 11.8 Å². The van der Waals surface area contributed by atoms with E-state index in [1.165, 1.54) is 93.7 Å². The fourth-order valence-electron chi connectivity index (χ4n) is 15.0. The summed E-state index contributed by atoms with van der Waals surface area (Å²) in [7, 11) is -0.269. The monoisotopic (exact) mass is 1500 g/mol. The topological polar surface area (TPSA) is 315 Å². The summed E-state index contributed by atoms with van der Waals surface area (Å²) in [4.78, 5) is 115. The third kappa shape index (κ3) is 19.2. The Morgan fingerprint density at radius 3 is 1.37 bits per heavy atom. The summed E-state index contributed by atoms with van der Waals surface area (Å²) < 4.78 is 41.6. The normalized spacial score (nSPS) is 24.4. The summed E-state index contributed by atoms with van der Waals surface area (Å²) in [5, 5.41) is 43.2. The lowest BCUT2D eigenvalue weighted by molar-refractivity contribution is -0.385. The number of amides is 2. The van der Waals surface area contributed by atoms with Gasteiger partial charge in [-0.1, -0.05) is 57.2 Å². The highest BCUT2D eigenvalue weighted by Gasteiger charge is 2.63. The van der Waals surface area contributed by atoms with Crippen LogP contribution >= 0.6 is 32.2 Å². The van der Waals surface area contributed by atoms with Gasteiger partial charge in [0, 0.05) is 88.8 Å². The second-order valence-corrected chi connectivity index (χ2v) is 31.8. The van der Waals surface area contributed by atoms with Crippen LogP contribution in [-0.4, -0.2) is 222 Å². The van der Waals surface area contributed by atoms with Crippen molar-refractivity contribution in [2.24, 2.45) is 23.7 Å². The minimum Gasteiger partial charge on any atom is -0.393 e. The van der Waals surface area contributed by atoms with E-state index in [1.807, 2.05) is 6.92 Å². The molecule has 30 heteroatoms. The molecular weight excluding hydrogens is 1400 g/mol. The highest BCUT2D eigenvalue weighted by molar-refractivity contribution is 8.03. The lowest BCUT2D eigenvalue weighted by Crippen LogP contribution is -2.63. The molecule has 104 heavy (non-hydrogen) atoms. The van der Waals surface area contributed by atoms with E-state index in [2.05, 4.69) is 85.8 Å². The van der Waals surface area contributed by atoms with Crippen molar-refractivity contribution < 1.29 is 76.4 Å². The van der Waals surface area contributed by atoms with Crippen molar-refractivity contribution in [2.45, 2.75) is 160 Å². The summed E-state index contributed by atoms with van der Waals surface area (Å²) in [5.74, 6) is -7.95. The number of ether oxygens (including phenoxy) is 2. The van der Waals surface area contributed by atoms with Gasteiger partial charge in [0.25, 0.3) is 11.4 Å². The second kappa shape index (κ2) is 35.7. The molecule has 0 aromatic heterocycles. The van der Waals surface area contributed by atoms with Gasteiger partial charge in [-0.25, -0.2) is 19.2 Å². The molecule has 0 spiro atoms. The number of aliphatic hydroxyl groups is 2. The van der Waals surface area contributed by atoms with Gasteiger partial charge >= 0.3 is 31.7 Å². The summed E-state index contributed by atoms with van der Waals surface area (Å²) in [6.07, 6.45) is 5.27. The van der Waals surface area contributed by atoms with Gasteiger partial charge in [0.1, 0.15) is 23.0 Å². The molecule has 564 valence electrons. The molecule has 8 aliphatic heterocycles. The largest absolute Gasteiger partial charge is 0.646 e. The molecule has 6 saturated heterocycles. The van der Waals surface area contributed by atoms with Crippen LogP contribution in [-0.2, 0) is 37.7 Å². The zero-order valence-electron chi connectivity index (χ0n) is 60.8. The number of aliphatic hydroxyl groups excluding tert-OH is 2. The third-order valence-corrected chi connectivity index (χ3v) is 23.7. The van der Waals surface area contributed by atoms with Crippen molar-refractivity contribution >= 4 is 79.3 Å². The molecular formula is C74H98N9O18PS2. The number of non-ortho nitro benzene ring substituents is 2. The lowest BCUT2D eigenvalue weighted by atomic mass is 9.79. The van der Waals surface area contributed by atoms with E-state index in [4.69, 9.17) is 23.0 Å². The first-order valence-corrected chi connectivity index (χ1v) is 38.5. The van der Waals surface area contributed by atoms with Crippen LogP contribution in [0.5, 0.6) is 11.5 Å². The van der Waals surface area contributed by atoms with Gasteiger partial charge in [0.2, 0.25) is 11.8 Å². The lowest BCUT2D eigenvalue weighted by Gasteiger charge is -2.46. The maximum atomic E-state index is 14.2. The first kappa shape index (κ1) is 80.5. The molecule has 4 aromatic carbocycles. The summed E-state index contributed by atoms with van der Waals surface area (Å²) >= 11 is 6.12. The number of thiol groups is 1. The number of phosphoric ester groups is 1. The van der Waals surface area contributed by atoms with Crippen LogP contribution < -0.4 is 9.05 Å². The number of rotatable bonds is 21. The number of para-hydroxylation sites is 2. The van der Waals surface area contributed by atoms with Gasteiger partial charge in [0.15, 0.2) is 5.70 Å². The number of hydrogen-bond donors (Lipinski definition) is 3. The molecule has 0 bridgehead atoms. The molecule has 12 rings (SSSR count). The molecule has 0 unspecified atom stereocenters. The Labute approximate surface area is 617 Å². The average Bonchev–Trinajstić information content (AvgIpc) is 1.55. The third-order valence-electron chi connectivity index (χ3n) is 20.5. The van der Waals surface area contributed by atoms with Crippen molar-refractivity contribution in [1.29, 1.82) is 0 Å². The SMILES string of the molecule is CCN(C(C)C)C(C)C.CN1CCC(N2CC[C@@H](S)C2)CC1.C[C@@H](O)[C@H]1C(=O)N2C(C(=O)OC(=O)c3ccc([N+](=O)[O-])cc3)=C(OP(=O)(Oc3ccccc3)Oc3ccccc3)[C@H](C)[C@H]12.C[C@@H](O)[C@H]1C(=O)N2C(C(=O)OC(=O)c3ccc([N+](=O)[O-])cc3)=C(S[C@@H]3CCN(C4CCN(C)CC4)C3)[C@H](C)[C@H]12. The molecule has 0 radical (unpaired) electrons. The van der Waals surface area contributed by atoms with E-state index >= 15 is 0 Å². The molecule has 10 atom stereocenters. The highest BCUT2D eigenvalue weighted by Crippen LogP contribution is 2.58. The summed E-state index contributed by atoms with van der Waals surface area (Å²) in [6.45, 7) is 27.9. The Bertz CT molecular complexity index is 3770. The molecule has 2 N–H and O–H groups in total. The standard InChI is InChI=1S/C29H25N2O11P.C27H34N4O7S.C10H20N2S.C8H19N/c1-17-24-23(18(2)32)27(33)30(24)25(29(35)39-28(34)19-13-15-20(16-14-19)31(36)37)26(17)42-43(38,40-21-9-5-3-6-10-21)41-22-11-7-4-8-12-22;1-15-22-21(16(2)32)25(33)30(22)23(27(35)38-26(34)17-4-6-19(7-5-17)31(36)37)24(15)39-20-10-13-29(14-20)18-8-11-28(3)12-9-18;1-11-5-2-9(3-6-11)12-7-4-10(13)8-12;1-6-9(7(2)3)8(4)5/h3-18,23-24,32H,1-2H3;4-7,15-16,18,20-22,32H,8-14H2,1-3H3;9-10,13H,2-8H2,1H3;7-8H,6H2,1-5H3/t17-,18-,23-,24-;15-,16-,20-,21-,22-;10-;/m111./s1. The molecule has 6 fully saturated rings.